The topological polar surface area (TPSA) is 79.3 Å². The minimum absolute atomic E-state index is 0.0295. The number of aliphatic hydroxyl groups is 1. The van der Waals surface area contributed by atoms with E-state index >= 15 is 0 Å². The molecule has 3 aliphatic rings. The molecule has 0 saturated carbocycles. The molecular formula is C39H50N2O5Si. The summed E-state index contributed by atoms with van der Waals surface area (Å²) in [5, 5.41) is 11.6. The number of anilines is 1. The average molecular weight is 655 g/mol. The molecule has 3 heterocycles. The van der Waals surface area contributed by atoms with Crippen LogP contribution in [0.1, 0.15) is 55.7 Å². The van der Waals surface area contributed by atoms with Crippen LogP contribution >= 0.6 is 0 Å². The summed E-state index contributed by atoms with van der Waals surface area (Å²) in [5.41, 5.74) is 4.82. The number of nitrogens with zero attached hydrogens (tertiary/aromatic N) is 2. The zero-order valence-electron chi connectivity index (χ0n) is 28.4. The number of fused-ring (bicyclic) bond motifs is 1. The molecule has 3 aromatic carbocycles. The summed E-state index contributed by atoms with van der Waals surface area (Å²) in [4.78, 5) is 30.3. The van der Waals surface area contributed by atoms with Gasteiger partial charge in [-0.05, 0) is 84.5 Å². The number of ether oxygens (including phenoxy) is 2. The van der Waals surface area contributed by atoms with Crippen LogP contribution in [0.2, 0.25) is 18.6 Å². The number of piperidine rings is 1. The van der Waals surface area contributed by atoms with Crippen molar-refractivity contribution in [2.75, 3.05) is 25.2 Å². The quantitative estimate of drug-likeness (QED) is 0.277. The Labute approximate surface area is 280 Å². The van der Waals surface area contributed by atoms with Gasteiger partial charge in [0.15, 0.2) is 0 Å². The van der Waals surface area contributed by atoms with E-state index in [1.807, 2.05) is 34.1 Å². The molecule has 0 spiro atoms. The van der Waals surface area contributed by atoms with Crippen LogP contribution in [0.25, 0.3) is 0 Å². The maximum Gasteiger partial charge on any atom is 0.226 e. The van der Waals surface area contributed by atoms with Crippen LogP contribution in [-0.4, -0.2) is 68.4 Å². The minimum Gasteiger partial charge on any atom is -0.497 e. The fourth-order valence-corrected chi connectivity index (χ4v) is 12.5. The largest absolute Gasteiger partial charge is 0.497 e. The molecule has 3 aliphatic heterocycles. The molecule has 3 aromatic rings. The molecule has 47 heavy (non-hydrogen) atoms. The van der Waals surface area contributed by atoms with E-state index in [0.29, 0.717) is 25.8 Å². The zero-order chi connectivity index (χ0) is 33.1. The number of hydrogen-bond donors (Lipinski definition) is 1. The smallest absolute Gasteiger partial charge is 0.226 e. The van der Waals surface area contributed by atoms with Gasteiger partial charge in [0.2, 0.25) is 11.8 Å². The van der Waals surface area contributed by atoms with Crippen molar-refractivity contribution in [1.29, 1.82) is 0 Å². The Hall–Kier alpha value is -3.46. The first-order chi connectivity index (χ1) is 22.7. The van der Waals surface area contributed by atoms with Crippen LogP contribution in [0, 0.1) is 5.92 Å². The summed E-state index contributed by atoms with van der Waals surface area (Å²) in [7, 11) is -0.439. The zero-order valence-corrected chi connectivity index (χ0v) is 29.4. The lowest BCUT2D eigenvalue weighted by atomic mass is 9.93. The number of benzene rings is 3. The molecule has 0 bridgehead atoms. The molecule has 1 N–H and O–H groups in total. The van der Waals surface area contributed by atoms with Crippen molar-refractivity contribution in [2.24, 2.45) is 5.92 Å². The third-order valence-electron chi connectivity index (χ3n) is 11.1. The summed E-state index contributed by atoms with van der Waals surface area (Å²) in [6, 6.07) is 24.9. The average Bonchev–Trinajstić information content (AvgIpc) is 3.41. The number of aliphatic hydroxyl groups excluding tert-OH is 1. The van der Waals surface area contributed by atoms with Gasteiger partial charge in [-0.1, -0.05) is 73.7 Å². The number of carbonyl (C=O) groups is 2. The van der Waals surface area contributed by atoms with Crippen molar-refractivity contribution in [1.82, 2.24) is 4.90 Å². The Morgan fingerprint density at radius 3 is 2.38 bits per heavy atom. The highest BCUT2D eigenvalue weighted by Gasteiger charge is 2.51. The predicted molar refractivity (Wildman–Crippen MR) is 189 cm³/mol. The number of amides is 2. The van der Waals surface area contributed by atoms with Crippen molar-refractivity contribution in [3.05, 3.63) is 89.5 Å². The van der Waals surface area contributed by atoms with E-state index in [9.17, 15) is 14.7 Å². The van der Waals surface area contributed by atoms with Crippen molar-refractivity contribution in [3.63, 3.8) is 0 Å². The summed E-state index contributed by atoms with van der Waals surface area (Å²) >= 11 is 0. The Morgan fingerprint density at radius 2 is 1.70 bits per heavy atom. The van der Waals surface area contributed by atoms with Crippen LogP contribution in [-0.2, 0) is 33.7 Å². The van der Waals surface area contributed by atoms with Gasteiger partial charge in [-0.3, -0.25) is 9.59 Å². The number of aryl methyl sites for hydroxylation is 1. The van der Waals surface area contributed by atoms with Gasteiger partial charge in [0.25, 0.3) is 0 Å². The van der Waals surface area contributed by atoms with Gasteiger partial charge in [0.05, 0.1) is 46.5 Å². The van der Waals surface area contributed by atoms with E-state index < -0.39 is 8.07 Å². The fraction of sp³-hybridized carbons (Fsp3) is 0.487. The SMILES string of the molecule is COc1ccc([Si](C)(C)[C@@H]2[C@@H](C)[C@@H](CCc3ccc(N4CCCCC4=O)cc3)O[C@H]2CC(=O)N2Cc3ccccc3C[C@H]2CO)cc1. The second kappa shape index (κ2) is 14.3. The third kappa shape index (κ3) is 7.06. The highest BCUT2D eigenvalue weighted by Crippen LogP contribution is 2.47. The van der Waals surface area contributed by atoms with Crippen LogP contribution in [0.15, 0.2) is 72.8 Å². The monoisotopic (exact) mass is 654 g/mol. The predicted octanol–water partition coefficient (Wildman–Crippen LogP) is 5.87. The molecule has 6 rings (SSSR count). The van der Waals surface area contributed by atoms with Crippen LogP contribution in [0.5, 0.6) is 5.75 Å². The van der Waals surface area contributed by atoms with Gasteiger partial charge in [-0.2, -0.15) is 0 Å². The first kappa shape index (κ1) is 33.4. The molecule has 0 radical (unpaired) electrons. The van der Waals surface area contributed by atoms with Gasteiger partial charge in [-0.25, -0.2) is 0 Å². The Kier molecular flexibility index (Phi) is 10.2. The summed E-state index contributed by atoms with van der Waals surface area (Å²) in [6.45, 7) is 8.40. The lowest BCUT2D eigenvalue weighted by Crippen LogP contribution is -2.52. The second-order valence-corrected chi connectivity index (χ2v) is 19.0. The van der Waals surface area contributed by atoms with Crippen molar-refractivity contribution in [2.45, 2.75) is 95.3 Å². The molecule has 2 saturated heterocycles. The van der Waals surface area contributed by atoms with E-state index in [0.717, 1.165) is 49.2 Å². The van der Waals surface area contributed by atoms with Crippen molar-refractivity contribution < 1.29 is 24.2 Å². The standard InChI is InChI=1S/C39H50N2O5Si/c1-27-35(21-14-28-12-15-31(16-13-28)40-22-8-7-11-37(40)43)46-36(39(27)47(3,4)34-19-17-33(45-2)18-20-34)24-38(44)41-25-30-10-6-5-9-29(30)23-32(41)26-42/h5-6,9-10,12-13,15-20,27,32,35-36,39,42H,7-8,11,14,21-26H2,1-4H3/t27-,32-,35+,36-,39+/m0/s1. The number of rotatable bonds is 10. The highest BCUT2D eigenvalue weighted by atomic mass is 28.3. The molecule has 2 amide bonds. The lowest BCUT2D eigenvalue weighted by molar-refractivity contribution is -0.138. The molecule has 2 fully saturated rings. The number of hydrogen-bond acceptors (Lipinski definition) is 5. The van der Waals surface area contributed by atoms with Crippen LogP contribution in [0.3, 0.4) is 0 Å². The van der Waals surface area contributed by atoms with Gasteiger partial charge in [0.1, 0.15) is 5.75 Å². The lowest BCUT2D eigenvalue weighted by Gasteiger charge is -2.39. The molecule has 8 heteroatoms. The molecular weight excluding hydrogens is 605 g/mol. The molecule has 7 nitrogen and oxygen atoms in total. The van der Waals surface area contributed by atoms with E-state index in [2.05, 4.69) is 68.5 Å². The Morgan fingerprint density at radius 1 is 0.979 bits per heavy atom. The highest BCUT2D eigenvalue weighted by molar-refractivity contribution is 6.91. The molecule has 250 valence electrons. The summed E-state index contributed by atoms with van der Waals surface area (Å²) in [5.74, 6) is 1.39. The van der Waals surface area contributed by atoms with Gasteiger partial charge in [-0.15, -0.1) is 0 Å². The van der Waals surface area contributed by atoms with E-state index in [1.54, 1.807) is 7.11 Å². The number of methoxy groups -OCH3 is 1. The van der Waals surface area contributed by atoms with Crippen LogP contribution in [0.4, 0.5) is 5.69 Å². The Balaban J connectivity index is 1.20. The minimum atomic E-state index is -2.13. The van der Waals surface area contributed by atoms with E-state index in [4.69, 9.17) is 9.47 Å². The maximum absolute atomic E-state index is 14.1. The van der Waals surface area contributed by atoms with Gasteiger partial charge in [0, 0.05) is 25.2 Å². The first-order valence-electron chi connectivity index (χ1n) is 17.4. The van der Waals surface area contributed by atoms with Crippen molar-refractivity contribution in [3.8, 4) is 5.75 Å². The molecule has 5 atom stereocenters. The van der Waals surface area contributed by atoms with Crippen molar-refractivity contribution >= 4 is 30.8 Å². The summed E-state index contributed by atoms with van der Waals surface area (Å²) < 4.78 is 12.4. The van der Waals surface area contributed by atoms with E-state index in [-0.39, 0.29) is 48.1 Å². The molecule has 0 aromatic heterocycles. The van der Waals surface area contributed by atoms with E-state index in [1.165, 1.54) is 16.3 Å². The molecule has 0 aliphatic carbocycles. The normalized spacial score (nSPS) is 24.7. The fourth-order valence-electron chi connectivity index (χ4n) is 8.41. The van der Waals surface area contributed by atoms with Gasteiger partial charge >= 0.3 is 0 Å². The third-order valence-corrected chi connectivity index (χ3v) is 15.5. The second-order valence-electron chi connectivity index (χ2n) is 14.3. The summed E-state index contributed by atoms with van der Waals surface area (Å²) in [6.07, 6.45) is 5.22. The van der Waals surface area contributed by atoms with Crippen LogP contribution < -0.4 is 14.8 Å². The molecule has 0 unspecified atom stereocenters. The number of carbonyl (C=O) groups excluding carboxylic acids is 2. The van der Waals surface area contributed by atoms with Gasteiger partial charge < -0.3 is 24.4 Å². The first-order valence-corrected chi connectivity index (χ1v) is 20.4. The Bertz CT molecular complexity index is 1540. The maximum atomic E-state index is 14.1.